The second-order valence-corrected chi connectivity index (χ2v) is 5.43. The van der Waals surface area contributed by atoms with E-state index < -0.39 is 0 Å². The molecule has 1 aliphatic rings. The number of hydrogen-bond acceptors (Lipinski definition) is 3. The van der Waals surface area contributed by atoms with Gasteiger partial charge in [-0.15, -0.1) is 0 Å². The molecule has 1 saturated heterocycles. The topological polar surface area (TPSA) is 17.4 Å². The van der Waals surface area contributed by atoms with Gasteiger partial charge in [0.15, 0.2) is 10.7 Å². The maximum atomic E-state index is 5.59. The standard InChI is InChI=1S/C17H18N2OS2/c1-5-8-12(6-2)14-10-9-13(18(14)4)11-15-16(21)19(7-3)17(22)20-15/h5-6,8-11H,1-2,7H2,3-4H3/b12-8+,15-11-. The van der Waals surface area contributed by atoms with Crippen LogP contribution < -0.4 is 0 Å². The minimum atomic E-state index is 0.409. The van der Waals surface area contributed by atoms with E-state index in [1.54, 1.807) is 17.1 Å². The van der Waals surface area contributed by atoms with Crippen molar-refractivity contribution in [2.45, 2.75) is 6.92 Å². The van der Waals surface area contributed by atoms with Gasteiger partial charge >= 0.3 is 0 Å². The lowest BCUT2D eigenvalue weighted by molar-refractivity contribution is 0.442. The summed E-state index contributed by atoms with van der Waals surface area (Å²) < 4.78 is 7.64. The van der Waals surface area contributed by atoms with E-state index in [-0.39, 0.29) is 0 Å². The molecule has 3 nitrogen and oxygen atoms in total. The zero-order chi connectivity index (χ0) is 16.3. The van der Waals surface area contributed by atoms with Gasteiger partial charge in [-0.25, -0.2) is 0 Å². The highest BCUT2D eigenvalue weighted by molar-refractivity contribution is 7.82. The summed E-state index contributed by atoms with van der Waals surface area (Å²) in [6, 6.07) is 4.03. The van der Waals surface area contributed by atoms with E-state index in [1.165, 1.54) is 0 Å². The van der Waals surface area contributed by atoms with Crippen LogP contribution in [0.5, 0.6) is 0 Å². The normalized spacial score (nSPS) is 17.1. The van der Waals surface area contributed by atoms with Gasteiger partial charge in [0, 0.05) is 31.1 Å². The predicted octanol–water partition coefficient (Wildman–Crippen LogP) is 4.09. The molecule has 0 radical (unpaired) electrons. The maximum absolute atomic E-state index is 5.59. The molecule has 0 bridgehead atoms. The number of allylic oxidation sites excluding steroid dienone is 4. The van der Waals surface area contributed by atoms with E-state index in [0.29, 0.717) is 22.5 Å². The molecule has 0 spiro atoms. The Hall–Kier alpha value is -1.98. The highest BCUT2D eigenvalue weighted by Crippen LogP contribution is 2.24. The number of rotatable bonds is 5. The third kappa shape index (κ3) is 2.96. The Balaban J connectivity index is 2.38. The molecule has 1 fully saturated rings. The van der Waals surface area contributed by atoms with Crippen LogP contribution in [0.3, 0.4) is 0 Å². The van der Waals surface area contributed by atoms with E-state index in [1.807, 2.05) is 42.8 Å². The van der Waals surface area contributed by atoms with Gasteiger partial charge in [0.05, 0.1) is 0 Å². The molecule has 0 amide bonds. The molecule has 0 saturated carbocycles. The Morgan fingerprint density at radius 1 is 1.32 bits per heavy atom. The lowest BCUT2D eigenvalue weighted by Gasteiger charge is -2.09. The Kier molecular flexibility index (Phi) is 5.11. The smallest absolute Gasteiger partial charge is 0.270 e. The van der Waals surface area contributed by atoms with Crippen molar-refractivity contribution in [2.24, 2.45) is 7.05 Å². The predicted molar refractivity (Wildman–Crippen MR) is 100 cm³/mol. The molecule has 1 aromatic rings. The van der Waals surface area contributed by atoms with Crippen LogP contribution in [0.15, 0.2) is 49.3 Å². The Morgan fingerprint density at radius 2 is 2.05 bits per heavy atom. The van der Waals surface area contributed by atoms with Crippen molar-refractivity contribution in [1.29, 1.82) is 0 Å². The van der Waals surface area contributed by atoms with Gasteiger partial charge in [-0.3, -0.25) is 4.90 Å². The highest BCUT2D eigenvalue weighted by atomic mass is 32.1. The third-order valence-electron chi connectivity index (χ3n) is 3.44. The van der Waals surface area contributed by atoms with Crippen LogP contribution in [0.25, 0.3) is 11.6 Å². The van der Waals surface area contributed by atoms with Crippen LogP contribution in [0.1, 0.15) is 18.3 Å². The van der Waals surface area contributed by atoms with E-state index in [4.69, 9.17) is 29.2 Å². The van der Waals surface area contributed by atoms with Crippen LogP contribution >= 0.6 is 24.4 Å². The van der Waals surface area contributed by atoms with Gasteiger partial charge in [-0.05, 0) is 36.8 Å². The van der Waals surface area contributed by atoms with Crippen molar-refractivity contribution < 1.29 is 4.74 Å². The van der Waals surface area contributed by atoms with E-state index in [0.717, 1.165) is 17.0 Å². The summed E-state index contributed by atoms with van der Waals surface area (Å²) in [5.74, 6) is 0.613. The van der Waals surface area contributed by atoms with Crippen molar-refractivity contribution >= 4 is 46.2 Å². The summed E-state index contributed by atoms with van der Waals surface area (Å²) in [5.41, 5.74) is 3.02. The van der Waals surface area contributed by atoms with Crippen molar-refractivity contribution in [2.75, 3.05) is 6.54 Å². The number of aromatic nitrogens is 1. The van der Waals surface area contributed by atoms with Crippen LogP contribution in [0.4, 0.5) is 0 Å². The van der Waals surface area contributed by atoms with E-state index in [2.05, 4.69) is 13.2 Å². The molecule has 5 heteroatoms. The average molecular weight is 330 g/mol. The number of ether oxygens (including phenoxy) is 1. The van der Waals surface area contributed by atoms with Gasteiger partial charge < -0.3 is 9.30 Å². The first-order valence-electron chi connectivity index (χ1n) is 6.90. The molecule has 0 aliphatic carbocycles. The molecular formula is C17H18N2OS2. The van der Waals surface area contributed by atoms with Gasteiger partial charge in [-0.1, -0.05) is 43.6 Å². The van der Waals surface area contributed by atoms with Gasteiger partial charge in [0.2, 0.25) is 0 Å². The van der Waals surface area contributed by atoms with E-state index >= 15 is 0 Å². The van der Waals surface area contributed by atoms with Crippen molar-refractivity contribution in [3.63, 3.8) is 0 Å². The molecule has 0 atom stereocenters. The molecule has 0 aromatic carbocycles. The zero-order valence-electron chi connectivity index (χ0n) is 12.7. The van der Waals surface area contributed by atoms with Crippen LogP contribution in [-0.4, -0.2) is 26.2 Å². The zero-order valence-corrected chi connectivity index (χ0v) is 14.3. The number of hydrogen-bond donors (Lipinski definition) is 0. The lowest BCUT2D eigenvalue weighted by atomic mass is 10.2. The summed E-state index contributed by atoms with van der Waals surface area (Å²) >= 11 is 10.6. The quantitative estimate of drug-likeness (QED) is 0.459. The summed E-state index contributed by atoms with van der Waals surface area (Å²) in [6.07, 6.45) is 7.37. The second kappa shape index (κ2) is 6.85. The van der Waals surface area contributed by atoms with Crippen molar-refractivity contribution in [3.8, 4) is 0 Å². The molecule has 114 valence electrons. The first kappa shape index (κ1) is 16.4. The summed E-state index contributed by atoms with van der Waals surface area (Å²) in [4.78, 5) is 2.42. The number of thiocarbonyl (C=S) groups is 2. The Morgan fingerprint density at radius 3 is 2.59 bits per heavy atom. The molecule has 0 unspecified atom stereocenters. The largest absolute Gasteiger partial charge is 0.428 e. The fourth-order valence-corrected chi connectivity index (χ4v) is 2.93. The van der Waals surface area contributed by atoms with Gasteiger partial charge in [-0.2, -0.15) is 0 Å². The summed E-state index contributed by atoms with van der Waals surface area (Å²) in [5, 5.41) is 0.409. The minimum Gasteiger partial charge on any atom is -0.428 e. The maximum Gasteiger partial charge on any atom is 0.270 e. The van der Waals surface area contributed by atoms with Crippen molar-refractivity contribution in [1.82, 2.24) is 9.47 Å². The molecule has 22 heavy (non-hydrogen) atoms. The summed E-state index contributed by atoms with van der Waals surface area (Å²) in [7, 11) is 1.98. The van der Waals surface area contributed by atoms with Gasteiger partial charge in [0.25, 0.3) is 5.17 Å². The molecular weight excluding hydrogens is 312 g/mol. The second-order valence-electron chi connectivity index (χ2n) is 4.69. The third-order valence-corrected chi connectivity index (χ3v) is 4.17. The number of likely N-dealkylation sites (N-methyl/N-ethyl adjacent to an activating group) is 1. The number of nitrogens with zero attached hydrogens (tertiary/aromatic N) is 2. The first-order valence-corrected chi connectivity index (χ1v) is 7.71. The van der Waals surface area contributed by atoms with Crippen molar-refractivity contribution in [3.05, 3.63) is 60.7 Å². The Labute approximate surface area is 141 Å². The van der Waals surface area contributed by atoms with E-state index in [9.17, 15) is 0 Å². The minimum absolute atomic E-state index is 0.409. The SMILES string of the molecule is C=C/C=C(\C=C)c1ccc(/C=C2\OC(=S)N(CC)C2=S)n1C. The van der Waals surface area contributed by atoms with Crippen LogP contribution in [0.2, 0.25) is 0 Å². The van der Waals surface area contributed by atoms with Crippen LogP contribution in [-0.2, 0) is 11.8 Å². The fourth-order valence-electron chi connectivity index (χ4n) is 2.25. The monoisotopic (exact) mass is 330 g/mol. The van der Waals surface area contributed by atoms with Crippen LogP contribution in [0, 0.1) is 0 Å². The fraction of sp³-hybridized carbons (Fsp3) is 0.176. The summed E-state index contributed by atoms with van der Waals surface area (Å²) in [6.45, 7) is 10.3. The first-order chi connectivity index (χ1) is 10.5. The Bertz CT molecular complexity index is 710. The molecule has 1 aromatic heterocycles. The molecule has 2 heterocycles. The average Bonchev–Trinajstić information content (AvgIpc) is 2.98. The molecule has 1 aliphatic heterocycles. The van der Waals surface area contributed by atoms with Gasteiger partial charge in [0.1, 0.15) is 0 Å². The molecule has 0 N–H and O–H groups in total. The molecule has 2 rings (SSSR count). The lowest BCUT2D eigenvalue weighted by Crippen LogP contribution is -2.26. The highest BCUT2D eigenvalue weighted by Gasteiger charge is 2.28.